The van der Waals surface area contributed by atoms with Gasteiger partial charge < -0.3 is 0 Å². The molecule has 0 amide bonds. The SMILES string of the molecule is Cn1nccc1-n1cc(CCCl)cn1. The fourth-order valence-corrected chi connectivity index (χ4v) is 1.53. The summed E-state index contributed by atoms with van der Waals surface area (Å²) in [6, 6.07) is 1.91. The van der Waals surface area contributed by atoms with Gasteiger partial charge in [0.1, 0.15) is 0 Å². The first-order valence-electron chi connectivity index (χ1n) is 4.39. The highest BCUT2D eigenvalue weighted by Gasteiger charge is 2.03. The van der Waals surface area contributed by atoms with Gasteiger partial charge in [-0.1, -0.05) is 0 Å². The molecule has 2 heterocycles. The van der Waals surface area contributed by atoms with Crippen molar-refractivity contribution < 1.29 is 0 Å². The monoisotopic (exact) mass is 210 g/mol. The van der Waals surface area contributed by atoms with Crippen LogP contribution in [0.4, 0.5) is 0 Å². The molecule has 4 nitrogen and oxygen atoms in total. The number of halogens is 1. The molecule has 0 atom stereocenters. The average molecular weight is 211 g/mol. The minimum absolute atomic E-state index is 0.622. The fourth-order valence-electron chi connectivity index (χ4n) is 1.32. The van der Waals surface area contributed by atoms with Crippen LogP contribution in [-0.2, 0) is 13.5 Å². The van der Waals surface area contributed by atoms with Crippen molar-refractivity contribution >= 4 is 11.6 Å². The third-order valence-electron chi connectivity index (χ3n) is 2.05. The predicted molar refractivity (Wildman–Crippen MR) is 54.8 cm³/mol. The molecule has 2 aromatic heterocycles. The van der Waals surface area contributed by atoms with Gasteiger partial charge in [0.05, 0.1) is 12.4 Å². The maximum atomic E-state index is 5.65. The molecule has 14 heavy (non-hydrogen) atoms. The minimum atomic E-state index is 0.622. The molecular formula is C9H11ClN4. The Morgan fingerprint density at radius 2 is 2.29 bits per heavy atom. The van der Waals surface area contributed by atoms with E-state index in [1.54, 1.807) is 15.6 Å². The van der Waals surface area contributed by atoms with E-state index in [1.807, 2.05) is 25.5 Å². The first-order valence-corrected chi connectivity index (χ1v) is 4.92. The van der Waals surface area contributed by atoms with E-state index in [4.69, 9.17) is 11.6 Å². The van der Waals surface area contributed by atoms with Crippen LogP contribution in [0, 0.1) is 0 Å². The Labute approximate surface area is 87.1 Å². The lowest BCUT2D eigenvalue weighted by atomic mass is 10.3. The van der Waals surface area contributed by atoms with Crippen molar-refractivity contribution in [1.29, 1.82) is 0 Å². The highest BCUT2D eigenvalue weighted by Crippen LogP contribution is 2.07. The summed E-state index contributed by atoms with van der Waals surface area (Å²) >= 11 is 5.65. The Hall–Kier alpha value is -1.29. The van der Waals surface area contributed by atoms with Gasteiger partial charge in [-0.05, 0) is 12.0 Å². The Morgan fingerprint density at radius 3 is 2.93 bits per heavy atom. The normalized spacial score (nSPS) is 10.7. The number of rotatable bonds is 3. The lowest BCUT2D eigenvalue weighted by Gasteiger charge is -1.99. The Balaban J connectivity index is 2.29. The van der Waals surface area contributed by atoms with Crippen LogP contribution in [0.1, 0.15) is 5.56 Å². The van der Waals surface area contributed by atoms with E-state index in [1.165, 1.54) is 0 Å². The van der Waals surface area contributed by atoms with Crippen molar-refractivity contribution in [2.45, 2.75) is 6.42 Å². The minimum Gasteiger partial charge on any atom is -0.251 e. The summed E-state index contributed by atoms with van der Waals surface area (Å²) < 4.78 is 3.58. The third-order valence-corrected chi connectivity index (χ3v) is 2.24. The van der Waals surface area contributed by atoms with Crippen molar-refractivity contribution in [1.82, 2.24) is 19.6 Å². The second kappa shape index (κ2) is 3.84. The number of nitrogens with zero attached hydrogens (tertiary/aromatic N) is 4. The summed E-state index contributed by atoms with van der Waals surface area (Å²) in [6.07, 6.45) is 6.40. The number of aryl methyl sites for hydroxylation is 2. The van der Waals surface area contributed by atoms with E-state index in [2.05, 4.69) is 10.2 Å². The standard InChI is InChI=1S/C9H11ClN4/c1-13-9(3-5-11-13)14-7-8(2-4-10)6-12-14/h3,5-7H,2,4H2,1H3. The number of hydrogen-bond donors (Lipinski definition) is 0. The number of hydrogen-bond acceptors (Lipinski definition) is 2. The third kappa shape index (κ3) is 1.65. The average Bonchev–Trinajstić information content (AvgIpc) is 2.74. The molecule has 74 valence electrons. The Morgan fingerprint density at radius 1 is 1.43 bits per heavy atom. The molecule has 0 aliphatic heterocycles. The molecule has 0 bridgehead atoms. The zero-order valence-corrected chi connectivity index (χ0v) is 8.65. The van der Waals surface area contributed by atoms with E-state index >= 15 is 0 Å². The molecule has 2 rings (SSSR count). The molecular weight excluding hydrogens is 200 g/mol. The molecule has 0 aliphatic carbocycles. The summed E-state index contributed by atoms with van der Waals surface area (Å²) in [5.74, 6) is 1.57. The number of alkyl halides is 1. The summed E-state index contributed by atoms with van der Waals surface area (Å²) in [5.41, 5.74) is 1.14. The molecule has 0 saturated carbocycles. The summed E-state index contributed by atoms with van der Waals surface area (Å²) in [5, 5.41) is 8.31. The molecule has 0 aromatic carbocycles. The van der Waals surface area contributed by atoms with Crippen LogP contribution in [0.5, 0.6) is 0 Å². The second-order valence-electron chi connectivity index (χ2n) is 3.05. The molecule has 0 N–H and O–H groups in total. The van der Waals surface area contributed by atoms with Crippen molar-refractivity contribution in [3.63, 3.8) is 0 Å². The summed E-state index contributed by atoms with van der Waals surface area (Å²) in [6.45, 7) is 0. The lowest BCUT2D eigenvalue weighted by Crippen LogP contribution is -2.02. The van der Waals surface area contributed by atoms with Gasteiger partial charge in [0, 0.05) is 25.2 Å². The van der Waals surface area contributed by atoms with Gasteiger partial charge >= 0.3 is 0 Å². The van der Waals surface area contributed by atoms with Crippen LogP contribution in [-0.4, -0.2) is 25.4 Å². The van der Waals surface area contributed by atoms with Gasteiger partial charge in [-0.3, -0.25) is 4.68 Å². The highest BCUT2D eigenvalue weighted by atomic mass is 35.5. The maximum absolute atomic E-state index is 5.65. The van der Waals surface area contributed by atoms with E-state index in [0.29, 0.717) is 5.88 Å². The van der Waals surface area contributed by atoms with Gasteiger partial charge in [0.15, 0.2) is 5.82 Å². The van der Waals surface area contributed by atoms with Crippen LogP contribution < -0.4 is 0 Å². The van der Waals surface area contributed by atoms with E-state index in [9.17, 15) is 0 Å². The lowest BCUT2D eigenvalue weighted by molar-refractivity contribution is 0.698. The molecule has 2 aromatic rings. The van der Waals surface area contributed by atoms with Gasteiger partial charge in [-0.15, -0.1) is 11.6 Å². The topological polar surface area (TPSA) is 35.6 Å². The van der Waals surface area contributed by atoms with Crippen molar-refractivity contribution in [2.24, 2.45) is 7.05 Å². The Kier molecular flexibility index (Phi) is 2.54. The van der Waals surface area contributed by atoms with Gasteiger partial charge in [0.2, 0.25) is 0 Å². The predicted octanol–water partition coefficient (Wildman–Crippen LogP) is 1.39. The van der Waals surface area contributed by atoms with Crippen molar-refractivity contribution in [3.05, 3.63) is 30.2 Å². The smallest absolute Gasteiger partial charge is 0.151 e. The molecule has 5 heteroatoms. The van der Waals surface area contributed by atoms with Crippen molar-refractivity contribution in [3.8, 4) is 5.82 Å². The van der Waals surface area contributed by atoms with Crippen molar-refractivity contribution in [2.75, 3.05) is 5.88 Å². The molecule has 0 radical (unpaired) electrons. The molecule has 0 aliphatic rings. The molecule has 0 spiro atoms. The zero-order valence-electron chi connectivity index (χ0n) is 7.89. The second-order valence-corrected chi connectivity index (χ2v) is 3.42. The van der Waals surface area contributed by atoms with E-state index < -0.39 is 0 Å². The number of aromatic nitrogens is 4. The van der Waals surface area contributed by atoms with Gasteiger partial charge in [-0.2, -0.15) is 10.2 Å². The largest absolute Gasteiger partial charge is 0.251 e. The first-order chi connectivity index (χ1) is 6.81. The summed E-state index contributed by atoms with van der Waals surface area (Å²) in [7, 11) is 1.89. The van der Waals surface area contributed by atoms with Crippen LogP contribution in [0.3, 0.4) is 0 Å². The van der Waals surface area contributed by atoms with E-state index in [-0.39, 0.29) is 0 Å². The highest BCUT2D eigenvalue weighted by molar-refractivity contribution is 6.17. The maximum Gasteiger partial charge on any atom is 0.151 e. The van der Waals surface area contributed by atoms with Crippen LogP contribution in [0.15, 0.2) is 24.7 Å². The quantitative estimate of drug-likeness (QED) is 0.718. The van der Waals surface area contributed by atoms with Crippen LogP contribution >= 0.6 is 11.6 Å². The molecule has 0 saturated heterocycles. The van der Waals surface area contributed by atoms with Gasteiger partial charge in [0.25, 0.3) is 0 Å². The molecule has 0 unspecified atom stereocenters. The van der Waals surface area contributed by atoms with Gasteiger partial charge in [-0.25, -0.2) is 4.68 Å². The molecule has 0 fully saturated rings. The summed E-state index contributed by atoms with van der Waals surface area (Å²) in [4.78, 5) is 0. The zero-order chi connectivity index (χ0) is 9.97. The fraction of sp³-hybridized carbons (Fsp3) is 0.333. The Bertz CT molecular complexity index is 418. The van der Waals surface area contributed by atoms with Crippen LogP contribution in [0.25, 0.3) is 5.82 Å². The van der Waals surface area contributed by atoms with E-state index in [0.717, 1.165) is 17.8 Å². The first kappa shape index (κ1) is 9.27. The van der Waals surface area contributed by atoms with Crippen LogP contribution in [0.2, 0.25) is 0 Å².